The molecule has 0 saturated heterocycles. The lowest BCUT2D eigenvalue weighted by atomic mass is 9.49. The monoisotopic (exact) mass is 272 g/mol. The first-order valence-corrected chi connectivity index (χ1v) is 7.41. The second-order valence-corrected chi connectivity index (χ2v) is 7.19. The summed E-state index contributed by atoms with van der Waals surface area (Å²) in [5, 5.41) is 0. The highest BCUT2D eigenvalue weighted by atomic mass is 19.3. The molecule has 4 fully saturated rings. The van der Waals surface area contributed by atoms with Gasteiger partial charge in [-0.3, -0.25) is 0 Å². The lowest BCUT2D eigenvalue weighted by molar-refractivity contribution is -0.171. The molecule has 4 aliphatic carbocycles. The van der Waals surface area contributed by atoms with E-state index >= 15 is 0 Å². The van der Waals surface area contributed by atoms with E-state index < -0.39 is 11.9 Å². The van der Waals surface area contributed by atoms with Crippen LogP contribution in [0.2, 0.25) is 0 Å². The van der Waals surface area contributed by atoms with E-state index in [4.69, 9.17) is 4.74 Å². The van der Waals surface area contributed by atoms with Gasteiger partial charge < -0.3 is 4.74 Å². The van der Waals surface area contributed by atoms with Gasteiger partial charge in [0.2, 0.25) is 0 Å². The van der Waals surface area contributed by atoms with Gasteiger partial charge in [-0.05, 0) is 68.1 Å². The minimum atomic E-state index is -3.36. The number of hydrogen-bond acceptors (Lipinski definition) is 2. The summed E-state index contributed by atoms with van der Waals surface area (Å²) in [6.45, 7) is 0.758. The molecule has 4 saturated carbocycles. The molecule has 19 heavy (non-hydrogen) atoms. The molecule has 4 aliphatic rings. The van der Waals surface area contributed by atoms with E-state index in [1.165, 1.54) is 38.5 Å². The van der Waals surface area contributed by atoms with Crippen LogP contribution in [0.4, 0.5) is 8.78 Å². The molecule has 0 atom stereocenters. The van der Waals surface area contributed by atoms with Crippen LogP contribution in [0.3, 0.4) is 0 Å². The minimum absolute atomic E-state index is 0.161. The van der Waals surface area contributed by atoms with Crippen LogP contribution in [0.5, 0.6) is 0 Å². The molecular formula is C15H22F2O2. The van der Waals surface area contributed by atoms with Crippen LogP contribution in [0.15, 0.2) is 0 Å². The molecule has 108 valence electrons. The third-order valence-electron chi connectivity index (χ3n) is 5.39. The Hall–Kier alpha value is -0.670. The van der Waals surface area contributed by atoms with Crippen molar-refractivity contribution in [2.75, 3.05) is 6.61 Å². The van der Waals surface area contributed by atoms with Gasteiger partial charge in [-0.2, -0.15) is 8.78 Å². The van der Waals surface area contributed by atoms with Crippen LogP contribution in [-0.4, -0.2) is 18.5 Å². The molecule has 0 aromatic heterocycles. The van der Waals surface area contributed by atoms with Gasteiger partial charge in [0.25, 0.3) is 0 Å². The maximum atomic E-state index is 12.7. The van der Waals surface area contributed by atoms with Crippen molar-refractivity contribution in [2.24, 2.45) is 23.2 Å². The molecule has 0 spiro atoms. The molecule has 0 aromatic rings. The van der Waals surface area contributed by atoms with Crippen molar-refractivity contribution in [2.45, 2.75) is 57.8 Å². The van der Waals surface area contributed by atoms with Gasteiger partial charge in [-0.15, -0.1) is 0 Å². The molecular weight excluding hydrogens is 250 g/mol. The van der Waals surface area contributed by atoms with E-state index in [0.29, 0.717) is 6.92 Å². The summed E-state index contributed by atoms with van der Waals surface area (Å²) in [5.41, 5.74) is 0.290. The zero-order valence-electron chi connectivity index (χ0n) is 11.5. The number of rotatable bonds is 4. The highest BCUT2D eigenvalue weighted by molar-refractivity contribution is 5.76. The topological polar surface area (TPSA) is 26.3 Å². The molecule has 0 heterocycles. The predicted octanol–water partition coefficient (Wildman–Crippen LogP) is 3.79. The molecule has 2 nitrogen and oxygen atoms in total. The van der Waals surface area contributed by atoms with Crippen molar-refractivity contribution in [1.29, 1.82) is 0 Å². The van der Waals surface area contributed by atoms with Crippen molar-refractivity contribution >= 4 is 5.97 Å². The Kier molecular flexibility index (Phi) is 3.10. The highest BCUT2D eigenvalue weighted by Crippen LogP contribution is 2.61. The van der Waals surface area contributed by atoms with E-state index in [0.717, 1.165) is 24.2 Å². The molecule has 4 heteroatoms. The summed E-state index contributed by atoms with van der Waals surface area (Å²) in [7, 11) is 0. The lowest BCUT2D eigenvalue weighted by Gasteiger charge is -2.57. The fourth-order valence-electron chi connectivity index (χ4n) is 5.08. The zero-order chi connectivity index (χ0) is 13.7. The normalized spacial score (nSPS) is 40.5. The van der Waals surface area contributed by atoms with Crippen molar-refractivity contribution < 1.29 is 18.3 Å². The Morgan fingerprint density at radius 2 is 1.63 bits per heavy atom. The quantitative estimate of drug-likeness (QED) is 0.728. The van der Waals surface area contributed by atoms with E-state index in [2.05, 4.69) is 0 Å². The van der Waals surface area contributed by atoms with Gasteiger partial charge in [-0.25, -0.2) is 4.79 Å². The Morgan fingerprint density at radius 3 is 2.05 bits per heavy atom. The SMILES string of the molecule is CC(F)(F)C(=O)OCCC12CC3CC(CC(C3)C1)C2. The first kappa shape index (κ1) is 13.3. The summed E-state index contributed by atoms with van der Waals surface area (Å²) in [5.74, 6) is -2.21. The van der Waals surface area contributed by atoms with Gasteiger partial charge in [0, 0.05) is 6.92 Å². The Labute approximate surface area is 112 Å². The van der Waals surface area contributed by atoms with Gasteiger partial charge in [-0.1, -0.05) is 0 Å². The van der Waals surface area contributed by atoms with E-state index in [1.807, 2.05) is 0 Å². The fraction of sp³-hybridized carbons (Fsp3) is 0.933. The summed E-state index contributed by atoms with van der Waals surface area (Å²) in [6, 6.07) is 0. The van der Waals surface area contributed by atoms with Crippen LogP contribution in [-0.2, 0) is 9.53 Å². The number of ether oxygens (including phenoxy) is 1. The number of carbonyl (C=O) groups excluding carboxylic acids is 1. The van der Waals surface area contributed by atoms with E-state index in [1.54, 1.807) is 0 Å². The molecule has 0 aliphatic heterocycles. The lowest BCUT2D eigenvalue weighted by Crippen LogP contribution is -2.46. The summed E-state index contributed by atoms with van der Waals surface area (Å²) >= 11 is 0. The number of esters is 1. The average Bonchev–Trinajstić information content (AvgIpc) is 2.25. The number of alkyl halides is 2. The summed E-state index contributed by atoms with van der Waals surface area (Å²) in [6.07, 6.45) is 8.54. The first-order chi connectivity index (χ1) is 8.86. The van der Waals surface area contributed by atoms with E-state index in [9.17, 15) is 13.6 Å². The minimum Gasteiger partial charge on any atom is -0.461 e. The Bertz CT molecular complexity index is 338. The number of hydrogen-bond donors (Lipinski definition) is 0. The van der Waals surface area contributed by atoms with Crippen molar-refractivity contribution in [1.82, 2.24) is 0 Å². The van der Waals surface area contributed by atoms with Crippen molar-refractivity contribution in [3.05, 3.63) is 0 Å². The van der Waals surface area contributed by atoms with Gasteiger partial charge >= 0.3 is 11.9 Å². The maximum Gasteiger partial charge on any atom is 0.376 e. The highest BCUT2D eigenvalue weighted by Gasteiger charge is 2.50. The van der Waals surface area contributed by atoms with Crippen LogP contribution in [0.1, 0.15) is 51.9 Å². The molecule has 0 unspecified atom stereocenters. The fourth-order valence-corrected chi connectivity index (χ4v) is 5.08. The van der Waals surface area contributed by atoms with Crippen LogP contribution in [0.25, 0.3) is 0 Å². The molecule has 0 radical (unpaired) electrons. The van der Waals surface area contributed by atoms with Crippen molar-refractivity contribution in [3.8, 4) is 0 Å². The summed E-state index contributed by atoms with van der Waals surface area (Å²) < 4.78 is 30.2. The van der Waals surface area contributed by atoms with Gasteiger partial charge in [0.1, 0.15) is 0 Å². The largest absolute Gasteiger partial charge is 0.461 e. The summed E-state index contributed by atoms with van der Waals surface area (Å²) in [4.78, 5) is 11.1. The third-order valence-corrected chi connectivity index (χ3v) is 5.39. The number of halogens is 2. The number of carbonyl (C=O) groups is 1. The molecule has 4 bridgehead atoms. The maximum absolute atomic E-state index is 12.7. The first-order valence-electron chi connectivity index (χ1n) is 7.41. The third kappa shape index (κ3) is 2.63. The van der Waals surface area contributed by atoms with Crippen LogP contribution in [0, 0.1) is 23.2 Å². The van der Waals surface area contributed by atoms with Gasteiger partial charge in [0.15, 0.2) is 0 Å². The smallest absolute Gasteiger partial charge is 0.376 e. The zero-order valence-corrected chi connectivity index (χ0v) is 11.5. The average molecular weight is 272 g/mol. The standard InChI is InChI=1S/C15H22F2O2/c1-14(16,17)13(18)19-3-2-15-7-10-4-11(8-15)6-12(5-10)9-15/h10-12H,2-9H2,1H3. The second-order valence-electron chi connectivity index (χ2n) is 7.19. The molecule has 4 rings (SSSR count). The molecule has 0 N–H and O–H groups in total. The predicted molar refractivity (Wildman–Crippen MR) is 66.8 cm³/mol. The Balaban J connectivity index is 1.54. The second kappa shape index (κ2) is 4.42. The molecule has 0 aromatic carbocycles. The van der Waals surface area contributed by atoms with Crippen LogP contribution < -0.4 is 0 Å². The van der Waals surface area contributed by atoms with E-state index in [-0.39, 0.29) is 12.0 Å². The van der Waals surface area contributed by atoms with Crippen LogP contribution >= 0.6 is 0 Å². The Morgan fingerprint density at radius 1 is 1.16 bits per heavy atom. The van der Waals surface area contributed by atoms with Gasteiger partial charge in [0.05, 0.1) is 6.61 Å². The van der Waals surface area contributed by atoms with Crippen molar-refractivity contribution in [3.63, 3.8) is 0 Å². The molecule has 0 amide bonds.